The van der Waals surface area contributed by atoms with Crippen LogP contribution in [0, 0.1) is 20.8 Å². The molecular formula is C24H32N4O3. The fraction of sp³-hybridized carbons (Fsp3) is 0.500. The molecule has 2 heterocycles. The maximum absolute atomic E-state index is 13.4. The molecule has 166 valence electrons. The molecule has 7 heteroatoms. The van der Waals surface area contributed by atoms with E-state index in [1.807, 2.05) is 36.9 Å². The Morgan fingerprint density at radius 1 is 1.16 bits per heavy atom. The van der Waals surface area contributed by atoms with E-state index in [0.717, 1.165) is 18.4 Å². The first-order valence-electron chi connectivity index (χ1n) is 10.6. The standard InChI is InChI=1S/C24H32N4O3/c1-15-10-11-18(13-16(15)2)31-24(4,5)23(30)28-12-8-9-20(28)21-25-14-19(17(3)26-21)22(29)27(6)7/h10-11,13-14,20H,8-9,12H2,1-7H3. The minimum atomic E-state index is -1.03. The normalized spacial score (nSPS) is 16.4. The number of aryl methyl sites for hydroxylation is 3. The fourth-order valence-electron chi connectivity index (χ4n) is 3.84. The van der Waals surface area contributed by atoms with Gasteiger partial charge in [-0.25, -0.2) is 9.97 Å². The summed E-state index contributed by atoms with van der Waals surface area (Å²) >= 11 is 0. The lowest BCUT2D eigenvalue weighted by molar-refractivity contribution is -0.146. The van der Waals surface area contributed by atoms with Crippen molar-refractivity contribution < 1.29 is 14.3 Å². The summed E-state index contributed by atoms with van der Waals surface area (Å²) in [5.74, 6) is 1.02. The minimum Gasteiger partial charge on any atom is -0.478 e. The summed E-state index contributed by atoms with van der Waals surface area (Å²) in [5.41, 5.74) is 2.37. The van der Waals surface area contributed by atoms with Crippen molar-refractivity contribution in [1.29, 1.82) is 0 Å². The fourth-order valence-corrected chi connectivity index (χ4v) is 3.84. The molecule has 1 aliphatic rings. The molecule has 1 aromatic heterocycles. The second-order valence-electron chi connectivity index (χ2n) is 8.94. The Bertz CT molecular complexity index is 1000. The molecule has 0 radical (unpaired) electrons. The summed E-state index contributed by atoms with van der Waals surface area (Å²) in [7, 11) is 3.40. The smallest absolute Gasteiger partial charge is 0.266 e. The largest absolute Gasteiger partial charge is 0.478 e. The highest BCUT2D eigenvalue weighted by molar-refractivity contribution is 5.94. The molecule has 1 aromatic carbocycles. The molecule has 0 aliphatic carbocycles. The molecule has 2 aromatic rings. The maximum atomic E-state index is 13.4. The average molecular weight is 425 g/mol. The Kier molecular flexibility index (Phi) is 6.34. The molecule has 1 unspecified atom stereocenters. The van der Waals surface area contributed by atoms with Crippen LogP contribution in [0.4, 0.5) is 0 Å². The van der Waals surface area contributed by atoms with E-state index in [2.05, 4.69) is 9.97 Å². The van der Waals surface area contributed by atoms with E-state index < -0.39 is 5.60 Å². The van der Waals surface area contributed by atoms with E-state index in [-0.39, 0.29) is 17.9 Å². The van der Waals surface area contributed by atoms with Crippen molar-refractivity contribution in [1.82, 2.24) is 19.8 Å². The number of ether oxygens (including phenoxy) is 1. The first kappa shape index (κ1) is 22.7. The number of likely N-dealkylation sites (tertiary alicyclic amines) is 1. The van der Waals surface area contributed by atoms with Crippen molar-refractivity contribution in [3.05, 3.63) is 52.6 Å². The first-order valence-corrected chi connectivity index (χ1v) is 10.6. The monoisotopic (exact) mass is 424 g/mol. The Morgan fingerprint density at radius 2 is 1.87 bits per heavy atom. The molecule has 1 aliphatic heterocycles. The quantitative estimate of drug-likeness (QED) is 0.733. The number of carbonyl (C=O) groups is 2. The number of benzene rings is 1. The Morgan fingerprint density at radius 3 is 2.48 bits per heavy atom. The Hall–Kier alpha value is -2.96. The molecular weight excluding hydrogens is 392 g/mol. The van der Waals surface area contributed by atoms with Crippen LogP contribution in [0.15, 0.2) is 24.4 Å². The van der Waals surface area contributed by atoms with E-state index in [1.165, 1.54) is 10.5 Å². The molecule has 0 spiro atoms. The van der Waals surface area contributed by atoms with Gasteiger partial charge in [0.15, 0.2) is 11.4 Å². The van der Waals surface area contributed by atoms with Crippen molar-refractivity contribution in [3.8, 4) is 5.75 Å². The SMILES string of the molecule is Cc1ccc(OC(C)(C)C(=O)N2CCCC2c2ncc(C(=O)N(C)C)c(C)n2)cc1C. The van der Waals surface area contributed by atoms with Gasteiger partial charge in [0.25, 0.3) is 11.8 Å². The Balaban J connectivity index is 1.81. The van der Waals surface area contributed by atoms with Crippen LogP contribution in [-0.2, 0) is 4.79 Å². The second kappa shape index (κ2) is 8.65. The number of nitrogens with zero attached hydrogens (tertiary/aromatic N) is 4. The molecule has 2 amide bonds. The summed E-state index contributed by atoms with van der Waals surface area (Å²) in [6.07, 6.45) is 3.22. The van der Waals surface area contributed by atoms with Crippen LogP contribution in [0.5, 0.6) is 5.75 Å². The maximum Gasteiger partial charge on any atom is 0.266 e. The highest BCUT2D eigenvalue weighted by Gasteiger charge is 2.41. The van der Waals surface area contributed by atoms with Crippen LogP contribution in [0.25, 0.3) is 0 Å². The molecule has 0 saturated carbocycles. The molecule has 0 bridgehead atoms. The van der Waals surface area contributed by atoms with E-state index in [1.54, 1.807) is 41.1 Å². The molecule has 31 heavy (non-hydrogen) atoms. The second-order valence-corrected chi connectivity index (χ2v) is 8.94. The third-order valence-corrected chi connectivity index (χ3v) is 5.81. The van der Waals surface area contributed by atoms with Gasteiger partial charge in [-0.2, -0.15) is 0 Å². The summed E-state index contributed by atoms with van der Waals surface area (Å²) in [5, 5.41) is 0. The number of carbonyl (C=O) groups excluding carboxylic acids is 2. The first-order chi connectivity index (χ1) is 14.5. The van der Waals surface area contributed by atoms with Crippen molar-refractivity contribution in [2.75, 3.05) is 20.6 Å². The number of rotatable bonds is 5. The van der Waals surface area contributed by atoms with Crippen LogP contribution in [0.1, 0.15) is 65.7 Å². The molecule has 1 saturated heterocycles. The van der Waals surface area contributed by atoms with Crippen LogP contribution in [-0.4, -0.2) is 57.8 Å². The minimum absolute atomic E-state index is 0.0945. The summed E-state index contributed by atoms with van der Waals surface area (Å²) in [6.45, 7) is 10.1. The lowest BCUT2D eigenvalue weighted by Gasteiger charge is -2.33. The van der Waals surface area contributed by atoms with Crippen molar-refractivity contribution in [2.45, 2.75) is 59.1 Å². The van der Waals surface area contributed by atoms with E-state index in [0.29, 0.717) is 29.4 Å². The molecule has 1 atom stereocenters. The van der Waals surface area contributed by atoms with Gasteiger partial charge in [0, 0.05) is 26.8 Å². The predicted molar refractivity (Wildman–Crippen MR) is 119 cm³/mol. The lowest BCUT2D eigenvalue weighted by atomic mass is 10.1. The van der Waals surface area contributed by atoms with Gasteiger partial charge >= 0.3 is 0 Å². The third-order valence-electron chi connectivity index (χ3n) is 5.81. The van der Waals surface area contributed by atoms with Gasteiger partial charge in [-0.3, -0.25) is 9.59 Å². The molecule has 3 rings (SSSR count). The number of aromatic nitrogens is 2. The van der Waals surface area contributed by atoms with Crippen molar-refractivity contribution in [2.24, 2.45) is 0 Å². The van der Waals surface area contributed by atoms with Gasteiger partial charge in [0.1, 0.15) is 5.75 Å². The summed E-state index contributed by atoms with van der Waals surface area (Å²) in [6, 6.07) is 5.62. The number of hydrogen-bond donors (Lipinski definition) is 0. The van der Waals surface area contributed by atoms with Gasteiger partial charge in [-0.05, 0) is 70.7 Å². The van der Waals surface area contributed by atoms with Crippen LogP contribution in [0.2, 0.25) is 0 Å². The zero-order valence-electron chi connectivity index (χ0n) is 19.5. The van der Waals surface area contributed by atoms with Gasteiger partial charge in [0.05, 0.1) is 17.3 Å². The topological polar surface area (TPSA) is 75.6 Å². The van der Waals surface area contributed by atoms with Gasteiger partial charge in [-0.15, -0.1) is 0 Å². The number of hydrogen-bond acceptors (Lipinski definition) is 5. The van der Waals surface area contributed by atoms with Gasteiger partial charge in [0.2, 0.25) is 0 Å². The zero-order valence-corrected chi connectivity index (χ0v) is 19.5. The van der Waals surface area contributed by atoms with Crippen molar-refractivity contribution >= 4 is 11.8 Å². The van der Waals surface area contributed by atoms with E-state index in [4.69, 9.17) is 4.74 Å². The average Bonchev–Trinajstić information content (AvgIpc) is 3.19. The van der Waals surface area contributed by atoms with Crippen molar-refractivity contribution in [3.63, 3.8) is 0 Å². The Labute approximate surface area is 184 Å². The third kappa shape index (κ3) is 4.70. The zero-order chi connectivity index (χ0) is 22.9. The summed E-state index contributed by atoms with van der Waals surface area (Å²) < 4.78 is 6.11. The number of amides is 2. The molecule has 0 N–H and O–H groups in total. The van der Waals surface area contributed by atoms with Gasteiger partial charge < -0.3 is 14.5 Å². The van der Waals surface area contributed by atoms with Crippen LogP contribution >= 0.6 is 0 Å². The van der Waals surface area contributed by atoms with Crippen LogP contribution < -0.4 is 4.74 Å². The van der Waals surface area contributed by atoms with Gasteiger partial charge in [-0.1, -0.05) is 6.07 Å². The lowest BCUT2D eigenvalue weighted by Crippen LogP contribution is -2.48. The summed E-state index contributed by atoms with van der Waals surface area (Å²) in [4.78, 5) is 38.1. The van der Waals surface area contributed by atoms with Crippen LogP contribution in [0.3, 0.4) is 0 Å². The van der Waals surface area contributed by atoms with E-state index >= 15 is 0 Å². The highest BCUT2D eigenvalue weighted by atomic mass is 16.5. The predicted octanol–water partition coefficient (Wildman–Crippen LogP) is 3.62. The highest BCUT2D eigenvalue weighted by Crippen LogP contribution is 2.33. The molecule has 1 fully saturated rings. The molecule has 7 nitrogen and oxygen atoms in total. The van der Waals surface area contributed by atoms with E-state index in [9.17, 15) is 9.59 Å².